The van der Waals surface area contributed by atoms with Crippen molar-refractivity contribution in [3.8, 4) is 0 Å². The van der Waals surface area contributed by atoms with Gasteiger partial charge in [-0.3, -0.25) is 4.79 Å². The number of likely N-dealkylation sites (N-methyl/N-ethyl adjacent to an activating group) is 1. The number of amides is 1. The average molecular weight is 251 g/mol. The quantitative estimate of drug-likeness (QED) is 0.858. The molecule has 0 spiro atoms. The number of carboxylic acid groups (broad SMARTS) is 1. The molecule has 0 aliphatic rings. The predicted molar refractivity (Wildman–Crippen MR) is 66.3 cm³/mol. The van der Waals surface area contributed by atoms with Gasteiger partial charge in [-0.2, -0.15) is 0 Å². The largest absolute Gasteiger partial charge is 0.480 e. The van der Waals surface area contributed by atoms with Crippen molar-refractivity contribution in [1.82, 2.24) is 4.90 Å². The second-order valence-corrected chi connectivity index (χ2v) is 4.06. The van der Waals surface area contributed by atoms with E-state index >= 15 is 0 Å². The summed E-state index contributed by atoms with van der Waals surface area (Å²) in [7, 11) is 3.05. The van der Waals surface area contributed by atoms with Crippen LogP contribution in [0.2, 0.25) is 0 Å². The third-order valence-electron chi connectivity index (χ3n) is 2.74. The molecule has 0 radical (unpaired) electrons. The van der Waals surface area contributed by atoms with Crippen molar-refractivity contribution in [2.24, 2.45) is 0 Å². The van der Waals surface area contributed by atoms with Crippen LogP contribution in [-0.4, -0.2) is 42.1 Å². The third kappa shape index (κ3) is 3.30. The van der Waals surface area contributed by atoms with Crippen LogP contribution in [0, 0.1) is 0 Å². The van der Waals surface area contributed by atoms with Crippen LogP contribution in [0.1, 0.15) is 22.8 Å². The number of carboxylic acids is 1. The van der Waals surface area contributed by atoms with Crippen molar-refractivity contribution in [1.29, 1.82) is 0 Å². The summed E-state index contributed by atoms with van der Waals surface area (Å²) < 4.78 is 4.99. The Labute approximate surface area is 106 Å². The molecule has 1 N–H and O–H groups in total. The second-order valence-electron chi connectivity index (χ2n) is 4.06. The molecule has 1 aromatic carbocycles. The summed E-state index contributed by atoms with van der Waals surface area (Å²) in [6, 6.07) is 6.11. The Kier molecular flexibility index (Phi) is 4.85. The van der Waals surface area contributed by atoms with Gasteiger partial charge in [0, 0.05) is 19.7 Å². The van der Waals surface area contributed by atoms with Gasteiger partial charge >= 0.3 is 5.97 Å². The summed E-state index contributed by atoms with van der Waals surface area (Å²) >= 11 is 0. The normalized spacial score (nSPS) is 11.9. The van der Waals surface area contributed by atoms with E-state index in [4.69, 9.17) is 9.84 Å². The van der Waals surface area contributed by atoms with Crippen LogP contribution in [0.25, 0.3) is 0 Å². The Morgan fingerprint density at radius 3 is 2.67 bits per heavy atom. The molecule has 1 unspecified atom stereocenters. The van der Waals surface area contributed by atoms with Crippen molar-refractivity contribution in [2.45, 2.75) is 19.6 Å². The molecule has 98 valence electrons. The Bertz CT molecular complexity index is 444. The fraction of sp³-hybridized carbons (Fsp3) is 0.385. The number of carbonyl (C=O) groups is 2. The minimum atomic E-state index is -1.03. The molecule has 0 aromatic heterocycles. The van der Waals surface area contributed by atoms with Gasteiger partial charge in [0.2, 0.25) is 0 Å². The highest BCUT2D eigenvalue weighted by molar-refractivity contribution is 5.96. The van der Waals surface area contributed by atoms with Crippen LogP contribution in [0.15, 0.2) is 24.3 Å². The van der Waals surface area contributed by atoms with Gasteiger partial charge in [0.1, 0.15) is 6.04 Å². The Morgan fingerprint density at radius 1 is 1.44 bits per heavy atom. The van der Waals surface area contributed by atoms with Gasteiger partial charge < -0.3 is 14.7 Å². The molecule has 1 amide bonds. The van der Waals surface area contributed by atoms with Gasteiger partial charge in [-0.1, -0.05) is 12.1 Å². The molecule has 1 rings (SSSR count). The minimum absolute atomic E-state index is 0.317. The molecule has 0 bridgehead atoms. The maximum absolute atomic E-state index is 12.1. The molecule has 18 heavy (non-hydrogen) atoms. The highest BCUT2D eigenvalue weighted by Gasteiger charge is 2.22. The lowest BCUT2D eigenvalue weighted by atomic mass is 10.1. The van der Waals surface area contributed by atoms with E-state index in [-0.39, 0.29) is 5.91 Å². The second kappa shape index (κ2) is 6.16. The first-order chi connectivity index (χ1) is 8.47. The lowest BCUT2D eigenvalue weighted by Crippen LogP contribution is -2.40. The van der Waals surface area contributed by atoms with Crippen LogP contribution in [0.4, 0.5) is 0 Å². The standard InChI is InChI=1S/C13H17NO4/c1-9(13(16)17)14(2)12(15)11-6-4-5-10(7-11)8-18-3/h4-7,9H,8H2,1-3H3,(H,16,17). The SMILES string of the molecule is COCc1cccc(C(=O)N(C)C(C)C(=O)O)c1. The van der Waals surface area contributed by atoms with Crippen molar-refractivity contribution in [3.63, 3.8) is 0 Å². The molecule has 5 nitrogen and oxygen atoms in total. The number of ether oxygens (including phenoxy) is 1. The average Bonchev–Trinajstić information content (AvgIpc) is 2.36. The molecule has 0 aliphatic carbocycles. The van der Waals surface area contributed by atoms with Gasteiger partial charge in [0.15, 0.2) is 0 Å². The third-order valence-corrected chi connectivity index (χ3v) is 2.74. The monoisotopic (exact) mass is 251 g/mol. The van der Waals surface area contributed by atoms with Gasteiger partial charge in [0.25, 0.3) is 5.91 Å². The first-order valence-corrected chi connectivity index (χ1v) is 5.55. The van der Waals surface area contributed by atoms with Crippen molar-refractivity contribution in [3.05, 3.63) is 35.4 Å². The summed E-state index contributed by atoms with van der Waals surface area (Å²) in [6.45, 7) is 1.89. The summed E-state index contributed by atoms with van der Waals surface area (Å²) in [5.41, 5.74) is 1.33. The van der Waals surface area contributed by atoms with Gasteiger partial charge in [-0.15, -0.1) is 0 Å². The number of benzene rings is 1. The van der Waals surface area contributed by atoms with Crippen LogP contribution in [0.3, 0.4) is 0 Å². The highest BCUT2D eigenvalue weighted by atomic mass is 16.5. The highest BCUT2D eigenvalue weighted by Crippen LogP contribution is 2.10. The zero-order chi connectivity index (χ0) is 13.7. The molecule has 0 fully saturated rings. The number of methoxy groups -OCH3 is 1. The van der Waals surface area contributed by atoms with E-state index in [0.717, 1.165) is 5.56 Å². The van der Waals surface area contributed by atoms with Crippen LogP contribution in [0.5, 0.6) is 0 Å². The number of hydrogen-bond donors (Lipinski definition) is 1. The van der Waals surface area contributed by atoms with Crippen molar-refractivity contribution < 1.29 is 19.4 Å². The summed E-state index contributed by atoms with van der Waals surface area (Å²) in [5, 5.41) is 8.87. The molecule has 0 aliphatic heterocycles. The van der Waals surface area contributed by atoms with Gasteiger partial charge in [-0.25, -0.2) is 4.79 Å². The molecular weight excluding hydrogens is 234 g/mol. The Balaban J connectivity index is 2.89. The Hall–Kier alpha value is -1.88. The molecule has 0 saturated heterocycles. The number of rotatable bonds is 5. The van der Waals surface area contributed by atoms with Crippen molar-refractivity contribution in [2.75, 3.05) is 14.2 Å². The van der Waals surface area contributed by atoms with Crippen molar-refractivity contribution >= 4 is 11.9 Å². The van der Waals surface area contributed by atoms with E-state index in [2.05, 4.69) is 0 Å². The fourth-order valence-corrected chi connectivity index (χ4v) is 1.51. The molecule has 1 atom stereocenters. The van der Waals surface area contributed by atoms with Crippen LogP contribution in [-0.2, 0) is 16.1 Å². The van der Waals surface area contributed by atoms with E-state index in [1.54, 1.807) is 25.3 Å². The fourth-order valence-electron chi connectivity index (χ4n) is 1.51. The van der Waals surface area contributed by atoms with E-state index in [1.165, 1.54) is 18.9 Å². The van der Waals surface area contributed by atoms with E-state index in [1.807, 2.05) is 6.07 Å². The van der Waals surface area contributed by atoms with E-state index < -0.39 is 12.0 Å². The van der Waals surface area contributed by atoms with Gasteiger partial charge in [0.05, 0.1) is 6.61 Å². The van der Waals surface area contributed by atoms with Gasteiger partial charge in [-0.05, 0) is 24.6 Å². The summed E-state index contributed by atoms with van der Waals surface area (Å²) in [4.78, 5) is 24.1. The molecule has 5 heteroatoms. The maximum atomic E-state index is 12.1. The first kappa shape index (κ1) is 14.2. The maximum Gasteiger partial charge on any atom is 0.326 e. The van der Waals surface area contributed by atoms with Crippen LogP contribution < -0.4 is 0 Å². The van der Waals surface area contributed by atoms with E-state index in [0.29, 0.717) is 12.2 Å². The zero-order valence-electron chi connectivity index (χ0n) is 10.7. The summed E-state index contributed by atoms with van der Waals surface area (Å²) in [5.74, 6) is -1.35. The topological polar surface area (TPSA) is 66.8 Å². The number of carbonyl (C=O) groups excluding carboxylic acids is 1. The van der Waals surface area contributed by atoms with E-state index in [9.17, 15) is 9.59 Å². The predicted octanol–water partition coefficient (Wildman–Crippen LogP) is 1.38. The number of nitrogens with zero attached hydrogens (tertiary/aromatic N) is 1. The molecule has 1 aromatic rings. The lowest BCUT2D eigenvalue weighted by Gasteiger charge is -2.21. The smallest absolute Gasteiger partial charge is 0.326 e. The lowest BCUT2D eigenvalue weighted by molar-refractivity contribution is -0.141. The molecule has 0 heterocycles. The van der Waals surface area contributed by atoms with Crippen LogP contribution >= 0.6 is 0 Å². The summed E-state index contributed by atoms with van der Waals surface area (Å²) in [6.07, 6.45) is 0. The first-order valence-electron chi connectivity index (χ1n) is 5.55. The molecular formula is C13H17NO4. The number of hydrogen-bond acceptors (Lipinski definition) is 3. The molecule has 0 saturated carbocycles. The Morgan fingerprint density at radius 2 is 2.11 bits per heavy atom. The minimum Gasteiger partial charge on any atom is -0.480 e. The number of aliphatic carboxylic acids is 1. The zero-order valence-corrected chi connectivity index (χ0v) is 10.7.